The van der Waals surface area contributed by atoms with Gasteiger partial charge in [-0.25, -0.2) is 24.5 Å². The van der Waals surface area contributed by atoms with Crippen LogP contribution in [0.15, 0.2) is 102 Å². The van der Waals surface area contributed by atoms with Crippen molar-refractivity contribution >= 4 is 45.9 Å². The molecule has 9 rings (SSSR count). The Morgan fingerprint density at radius 3 is 1.85 bits per heavy atom. The van der Waals surface area contributed by atoms with Crippen molar-refractivity contribution in [2.24, 2.45) is 0 Å². The van der Waals surface area contributed by atoms with Crippen molar-refractivity contribution in [3.8, 4) is 22.5 Å². The third-order valence-electron chi connectivity index (χ3n) is 12.3. The topological polar surface area (TPSA) is 188 Å². The van der Waals surface area contributed by atoms with Gasteiger partial charge in [-0.05, 0) is 97.6 Å². The number of aromatic amines is 2. The summed E-state index contributed by atoms with van der Waals surface area (Å²) in [6, 6.07) is 14.3. The summed E-state index contributed by atoms with van der Waals surface area (Å²) in [7, 11) is 2.59. The average molecular weight is 836 g/mol. The van der Waals surface area contributed by atoms with Crippen molar-refractivity contribution in [2.45, 2.75) is 75.5 Å². The molecule has 0 spiro atoms. The number of carbonyl (C=O) groups excluding carboxylic acids is 4. The van der Waals surface area contributed by atoms with Gasteiger partial charge in [0.2, 0.25) is 11.8 Å². The minimum Gasteiger partial charge on any atom is -0.453 e. The Morgan fingerprint density at radius 1 is 0.694 bits per heavy atom. The summed E-state index contributed by atoms with van der Waals surface area (Å²) in [5.74, 6) is 1.03. The van der Waals surface area contributed by atoms with Gasteiger partial charge in [0, 0.05) is 24.2 Å². The first-order valence-electron chi connectivity index (χ1n) is 21.2. The number of methoxy groups -OCH3 is 2. The van der Waals surface area contributed by atoms with E-state index in [1.807, 2.05) is 65.8 Å². The van der Waals surface area contributed by atoms with Crippen LogP contribution in [0.2, 0.25) is 0 Å². The molecule has 15 nitrogen and oxygen atoms in total. The second-order valence-corrected chi connectivity index (χ2v) is 16.0. The highest BCUT2D eigenvalue weighted by Gasteiger charge is 2.39. The van der Waals surface area contributed by atoms with Crippen LogP contribution >= 0.6 is 0 Å². The van der Waals surface area contributed by atoms with Gasteiger partial charge in [0.05, 0.1) is 49.4 Å². The average Bonchev–Trinajstić information content (AvgIpc) is 4.16. The first-order chi connectivity index (χ1) is 30.3. The summed E-state index contributed by atoms with van der Waals surface area (Å²) in [4.78, 5) is 77.7. The molecule has 2 saturated heterocycles. The van der Waals surface area contributed by atoms with Gasteiger partial charge >= 0.3 is 12.2 Å². The smallest absolute Gasteiger partial charge is 0.407 e. The van der Waals surface area contributed by atoms with Gasteiger partial charge in [-0.1, -0.05) is 60.7 Å². The molecule has 5 heterocycles. The number of nitrogens with one attached hydrogen (secondary N) is 4. The molecule has 2 aliphatic heterocycles. The van der Waals surface area contributed by atoms with E-state index in [0.29, 0.717) is 56.1 Å². The van der Waals surface area contributed by atoms with E-state index in [-0.39, 0.29) is 23.9 Å². The van der Waals surface area contributed by atoms with Gasteiger partial charge in [0.25, 0.3) is 0 Å². The number of fused-ring (bicyclic) bond motifs is 2. The van der Waals surface area contributed by atoms with Gasteiger partial charge < -0.3 is 39.9 Å². The highest BCUT2D eigenvalue weighted by atomic mass is 16.5. The lowest BCUT2D eigenvalue weighted by molar-refractivity contribution is -0.134. The maximum absolute atomic E-state index is 14.0. The summed E-state index contributed by atoms with van der Waals surface area (Å²) in [5.41, 5.74) is 6.56. The second kappa shape index (κ2) is 17.5. The summed E-state index contributed by atoms with van der Waals surface area (Å²) in [6.45, 7) is 1.12. The second-order valence-electron chi connectivity index (χ2n) is 16.0. The number of aromatic nitrogens is 5. The Labute approximate surface area is 358 Å². The standard InChI is InChI=1S/C47H49N9O6/c1-61-46(59)52-39(28-11-5-3-6-12-28)44(57)55-23-9-15-37(55)42-48-27-36(51-42)33-20-18-30-25-32(19-17-31(30)26-33)34-21-22-35-41(49-34)54-43(50-35)38-16-10-24-56(38)45(58)40(53-47(60)62-2)29-13-7-4-8-14-29/h3-5,7,12,14,17-22,25-27,37-40H,6,8-11,13,15-16,23-24H2,1-2H3,(H,48,51)(H,52,59)(H,53,60)(H,49,50,54)/t37-,38-,39+,40+/m0/s1. The maximum Gasteiger partial charge on any atom is 0.407 e. The lowest BCUT2D eigenvalue weighted by atomic mass is 9.97. The van der Waals surface area contributed by atoms with Gasteiger partial charge in [-0.3, -0.25) is 9.59 Å². The van der Waals surface area contributed by atoms with Crippen LogP contribution in [0.1, 0.15) is 75.1 Å². The Kier molecular flexibility index (Phi) is 11.4. The minimum atomic E-state index is -0.817. The Morgan fingerprint density at radius 2 is 1.27 bits per heavy atom. The van der Waals surface area contributed by atoms with Crippen molar-refractivity contribution in [2.75, 3.05) is 27.3 Å². The quantitative estimate of drug-likeness (QED) is 0.103. The Hall–Kier alpha value is -7.03. The molecule has 15 heteroatoms. The van der Waals surface area contributed by atoms with Crippen LogP contribution in [-0.2, 0) is 19.1 Å². The van der Waals surface area contributed by atoms with E-state index in [9.17, 15) is 19.2 Å². The number of rotatable bonds is 10. The number of benzene rings is 2. The number of hydrogen-bond acceptors (Lipinski definition) is 9. The first kappa shape index (κ1) is 40.4. The van der Waals surface area contributed by atoms with E-state index >= 15 is 0 Å². The number of likely N-dealkylation sites (tertiary alicyclic amines) is 2. The van der Waals surface area contributed by atoms with Crippen molar-refractivity contribution < 1.29 is 28.7 Å². The van der Waals surface area contributed by atoms with Crippen LogP contribution in [0.4, 0.5) is 9.59 Å². The molecule has 4 amide bonds. The third-order valence-corrected chi connectivity index (χ3v) is 12.3. The first-order valence-corrected chi connectivity index (χ1v) is 21.2. The largest absolute Gasteiger partial charge is 0.453 e. The monoisotopic (exact) mass is 835 g/mol. The zero-order chi connectivity index (χ0) is 42.7. The molecule has 0 saturated carbocycles. The number of H-pyrrole nitrogens is 2. The van der Waals surface area contributed by atoms with Gasteiger partial charge in [0.15, 0.2) is 5.65 Å². The fraction of sp³-hybridized carbons (Fsp3) is 0.340. The fourth-order valence-corrected chi connectivity index (χ4v) is 9.10. The molecule has 2 aliphatic carbocycles. The predicted molar refractivity (Wildman–Crippen MR) is 233 cm³/mol. The number of ether oxygens (including phenoxy) is 2. The molecular formula is C47H49N9O6. The zero-order valence-corrected chi connectivity index (χ0v) is 34.7. The van der Waals surface area contributed by atoms with Crippen molar-refractivity contribution in [3.63, 3.8) is 0 Å². The zero-order valence-electron chi connectivity index (χ0n) is 34.7. The molecule has 4 N–H and O–H groups in total. The number of carbonyl (C=O) groups is 4. The lowest BCUT2D eigenvalue weighted by Gasteiger charge is -2.29. The molecular weight excluding hydrogens is 787 g/mol. The Balaban J connectivity index is 0.908. The maximum atomic E-state index is 14.0. The number of nitrogens with zero attached hydrogens (tertiary/aromatic N) is 5. The molecule has 5 aromatic rings. The van der Waals surface area contributed by atoms with Gasteiger partial charge in [-0.15, -0.1) is 0 Å². The molecule has 0 bridgehead atoms. The highest BCUT2D eigenvalue weighted by Crippen LogP contribution is 2.36. The summed E-state index contributed by atoms with van der Waals surface area (Å²) < 4.78 is 9.73. The number of pyridine rings is 1. The molecule has 4 aliphatic rings. The molecule has 318 valence electrons. The lowest BCUT2D eigenvalue weighted by Crippen LogP contribution is -2.49. The van der Waals surface area contributed by atoms with E-state index in [2.05, 4.69) is 50.9 Å². The van der Waals surface area contributed by atoms with Crippen molar-refractivity contribution in [1.82, 2.24) is 45.4 Å². The third kappa shape index (κ3) is 8.09. The minimum absolute atomic E-state index is 0.168. The summed E-state index contributed by atoms with van der Waals surface area (Å²) in [6.07, 6.45) is 18.3. The van der Waals surface area contributed by atoms with E-state index in [4.69, 9.17) is 24.4 Å². The van der Waals surface area contributed by atoms with Crippen molar-refractivity contribution in [3.05, 3.63) is 114 Å². The number of allylic oxidation sites excluding steroid dienone is 6. The molecule has 0 radical (unpaired) electrons. The number of imidazole rings is 2. The molecule has 3 aromatic heterocycles. The normalized spacial score (nSPS) is 19.6. The molecule has 62 heavy (non-hydrogen) atoms. The predicted octanol–water partition coefficient (Wildman–Crippen LogP) is 7.50. The summed E-state index contributed by atoms with van der Waals surface area (Å²) in [5, 5.41) is 7.62. The summed E-state index contributed by atoms with van der Waals surface area (Å²) >= 11 is 0. The molecule has 0 unspecified atom stereocenters. The van der Waals surface area contributed by atoms with Crippen LogP contribution in [0.25, 0.3) is 44.5 Å². The van der Waals surface area contributed by atoms with E-state index in [1.165, 1.54) is 14.2 Å². The number of hydrogen-bond donors (Lipinski definition) is 4. The van der Waals surface area contributed by atoms with Crippen LogP contribution in [0.5, 0.6) is 0 Å². The highest BCUT2D eigenvalue weighted by molar-refractivity contribution is 5.92. The van der Waals surface area contributed by atoms with Crippen LogP contribution in [0, 0.1) is 0 Å². The molecule has 2 aromatic carbocycles. The van der Waals surface area contributed by atoms with E-state index in [1.54, 1.807) is 4.90 Å². The van der Waals surface area contributed by atoms with Crippen LogP contribution in [-0.4, -0.2) is 98.1 Å². The van der Waals surface area contributed by atoms with Gasteiger partial charge in [0.1, 0.15) is 23.7 Å². The number of alkyl carbamates (subject to hydrolysis) is 2. The molecule has 2 fully saturated rings. The van der Waals surface area contributed by atoms with Crippen LogP contribution < -0.4 is 10.6 Å². The molecule has 4 atom stereocenters. The van der Waals surface area contributed by atoms with E-state index < -0.39 is 24.3 Å². The fourth-order valence-electron chi connectivity index (χ4n) is 9.10. The SMILES string of the molecule is COC(=O)N[C@@H](C(=O)N1CCC[C@H]1c1ncc(-c2ccc3cc(-c4ccc5[nH]c([C@@H]6CCCN6C(=O)[C@H](NC(=O)OC)C6=CCC=CC6)nc5n4)ccc3c2)[nH]1)C1=CCC=CC1. The van der Waals surface area contributed by atoms with Crippen molar-refractivity contribution in [1.29, 1.82) is 0 Å². The van der Waals surface area contributed by atoms with Crippen LogP contribution in [0.3, 0.4) is 0 Å². The number of amides is 4. The van der Waals surface area contributed by atoms with Gasteiger partial charge in [-0.2, -0.15) is 0 Å². The van der Waals surface area contributed by atoms with E-state index in [0.717, 1.165) is 75.6 Å². The Bertz CT molecular complexity index is 2680.